The molecule has 43 heavy (non-hydrogen) atoms. The number of urea groups is 1. The van der Waals surface area contributed by atoms with Crippen molar-refractivity contribution in [3.8, 4) is 5.75 Å². The number of anilines is 2. The highest BCUT2D eigenvalue weighted by molar-refractivity contribution is 6.35. The average Bonchev–Trinajstić information content (AvgIpc) is 3.01. The third-order valence-electron chi connectivity index (χ3n) is 7.00. The number of nitrogens with one attached hydrogen (secondary N) is 3. The summed E-state index contributed by atoms with van der Waals surface area (Å²) in [5.74, 6) is 0.787. The van der Waals surface area contributed by atoms with E-state index in [-0.39, 0.29) is 43.8 Å². The predicted molar refractivity (Wildman–Crippen MR) is 168 cm³/mol. The first-order chi connectivity index (χ1) is 20.8. The zero-order chi connectivity index (χ0) is 30.8. The lowest BCUT2D eigenvalue weighted by Crippen LogP contribution is -2.56. The van der Waals surface area contributed by atoms with Gasteiger partial charge in [0, 0.05) is 73.9 Å². The fraction of sp³-hybridized carbons (Fsp3) is 0.333. The predicted octanol–water partition coefficient (Wildman–Crippen LogP) is 3.44. The second kappa shape index (κ2) is 15.4. The number of hydrogen-bond donors (Lipinski definition) is 4. The minimum absolute atomic E-state index is 0.110. The van der Waals surface area contributed by atoms with E-state index in [4.69, 9.17) is 33.7 Å². The summed E-state index contributed by atoms with van der Waals surface area (Å²) in [6.45, 7) is 2.32. The van der Waals surface area contributed by atoms with Crippen LogP contribution in [0.5, 0.6) is 5.75 Å². The fourth-order valence-electron chi connectivity index (χ4n) is 4.81. The van der Waals surface area contributed by atoms with Gasteiger partial charge >= 0.3 is 6.03 Å². The van der Waals surface area contributed by atoms with Crippen molar-refractivity contribution in [1.82, 2.24) is 20.5 Å². The van der Waals surface area contributed by atoms with Crippen LogP contribution in [0.15, 0.2) is 60.8 Å². The summed E-state index contributed by atoms with van der Waals surface area (Å²) < 4.78 is 5.29. The zero-order valence-electron chi connectivity index (χ0n) is 23.8. The summed E-state index contributed by atoms with van der Waals surface area (Å²) in [6.07, 6.45) is 2.03. The summed E-state index contributed by atoms with van der Waals surface area (Å²) in [5.41, 5.74) is 7.65. The summed E-state index contributed by atoms with van der Waals surface area (Å²) in [7, 11) is 1.54. The van der Waals surface area contributed by atoms with Gasteiger partial charge in [-0.25, -0.2) is 9.78 Å². The van der Waals surface area contributed by atoms with Crippen molar-refractivity contribution >= 4 is 52.6 Å². The number of hydrogen-bond acceptors (Lipinski definition) is 7. The Morgan fingerprint density at radius 3 is 2.51 bits per heavy atom. The molecule has 0 saturated carbocycles. The Bertz CT molecular complexity index is 1430. The first-order valence-electron chi connectivity index (χ1n) is 13.9. The Morgan fingerprint density at radius 2 is 1.79 bits per heavy atom. The van der Waals surface area contributed by atoms with Crippen LogP contribution in [0.25, 0.3) is 0 Å². The lowest BCUT2D eigenvalue weighted by atomic mass is 10.0. The molecule has 5 N–H and O–H groups in total. The normalized spacial score (nSPS) is 13.7. The Labute approximate surface area is 260 Å². The van der Waals surface area contributed by atoms with Crippen molar-refractivity contribution in [2.45, 2.75) is 25.4 Å². The number of aromatic nitrogens is 1. The maximum Gasteiger partial charge on any atom is 0.319 e. The van der Waals surface area contributed by atoms with Crippen LogP contribution in [-0.2, 0) is 22.6 Å². The quantitative estimate of drug-likeness (QED) is 0.255. The largest absolute Gasteiger partial charge is 0.495 e. The van der Waals surface area contributed by atoms with Crippen molar-refractivity contribution < 1.29 is 19.1 Å². The fourth-order valence-corrected chi connectivity index (χ4v) is 5.29. The second-order valence-corrected chi connectivity index (χ2v) is 10.7. The SMILES string of the molecule is COc1ccccc1NC(=O)NCc1cccnc1N1CCN(C(=O)[C@@H](Cc2ccc(Cl)cc2Cl)NC(=O)CCN)CC1. The van der Waals surface area contributed by atoms with E-state index >= 15 is 0 Å². The van der Waals surface area contributed by atoms with E-state index in [0.717, 1.165) is 11.4 Å². The van der Waals surface area contributed by atoms with E-state index in [2.05, 4.69) is 25.8 Å². The lowest BCUT2D eigenvalue weighted by molar-refractivity contribution is -0.136. The van der Waals surface area contributed by atoms with Crippen molar-refractivity contribution in [3.63, 3.8) is 0 Å². The molecule has 13 heteroatoms. The van der Waals surface area contributed by atoms with Gasteiger partial charge in [-0.3, -0.25) is 9.59 Å². The molecule has 1 atom stereocenters. The van der Waals surface area contributed by atoms with Crippen LogP contribution < -0.4 is 31.3 Å². The third kappa shape index (κ3) is 8.73. The number of amides is 4. The molecule has 4 rings (SSSR count). The van der Waals surface area contributed by atoms with E-state index in [1.165, 1.54) is 0 Å². The molecule has 0 bridgehead atoms. The minimum Gasteiger partial charge on any atom is -0.495 e. The van der Waals surface area contributed by atoms with Crippen molar-refractivity contribution in [2.75, 3.05) is 50.1 Å². The number of carbonyl (C=O) groups excluding carboxylic acids is 3. The minimum atomic E-state index is -0.805. The van der Waals surface area contributed by atoms with Gasteiger partial charge in [-0.05, 0) is 35.9 Å². The molecule has 0 spiro atoms. The molecule has 3 aromatic rings. The van der Waals surface area contributed by atoms with Gasteiger partial charge in [0.2, 0.25) is 11.8 Å². The second-order valence-electron chi connectivity index (χ2n) is 9.91. The zero-order valence-corrected chi connectivity index (χ0v) is 25.3. The number of pyridine rings is 1. The molecule has 11 nitrogen and oxygen atoms in total. The van der Waals surface area contributed by atoms with Gasteiger partial charge in [0.05, 0.1) is 12.8 Å². The van der Waals surface area contributed by atoms with Gasteiger partial charge in [-0.15, -0.1) is 0 Å². The number of ether oxygens (including phenoxy) is 1. The van der Waals surface area contributed by atoms with E-state index in [1.807, 2.05) is 24.3 Å². The first-order valence-corrected chi connectivity index (χ1v) is 14.6. The Kier molecular flexibility index (Phi) is 11.4. The van der Waals surface area contributed by atoms with Gasteiger partial charge in [-0.2, -0.15) is 0 Å². The highest BCUT2D eigenvalue weighted by Gasteiger charge is 2.30. The van der Waals surface area contributed by atoms with E-state index < -0.39 is 6.04 Å². The standard InChI is InChI=1S/C30H35Cl2N7O4/c1-43-26-7-3-2-6-24(26)37-30(42)35-19-21-5-4-12-34-28(21)38-13-15-39(16-14-38)29(41)25(36-27(40)10-11-33)17-20-8-9-22(31)18-23(20)32/h2-9,12,18,25H,10-11,13-17,19,33H2,1H3,(H,36,40)(H2,35,37,42)/t25-/m1/s1. The Hall–Kier alpha value is -4.06. The number of nitrogens with two attached hydrogens (primary N) is 1. The van der Waals surface area contributed by atoms with Gasteiger partial charge in [0.1, 0.15) is 17.6 Å². The number of rotatable bonds is 11. The molecule has 2 heterocycles. The Balaban J connectivity index is 1.38. The highest BCUT2D eigenvalue weighted by Crippen LogP contribution is 2.25. The molecule has 1 aromatic heterocycles. The highest BCUT2D eigenvalue weighted by atomic mass is 35.5. The first kappa shape index (κ1) is 31.9. The van der Waals surface area contributed by atoms with Crippen LogP contribution in [0.4, 0.5) is 16.3 Å². The van der Waals surface area contributed by atoms with Gasteiger partial charge < -0.3 is 36.2 Å². The number of halogens is 2. The lowest BCUT2D eigenvalue weighted by Gasteiger charge is -2.37. The average molecular weight is 629 g/mol. The maximum absolute atomic E-state index is 13.6. The van der Waals surface area contributed by atoms with Crippen LogP contribution in [-0.4, -0.2) is 73.6 Å². The molecule has 0 radical (unpaired) electrons. The Morgan fingerprint density at radius 1 is 1.02 bits per heavy atom. The summed E-state index contributed by atoms with van der Waals surface area (Å²) in [5, 5.41) is 9.42. The van der Waals surface area contributed by atoms with Crippen molar-refractivity contribution in [1.29, 1.82) is 0 Å². The third-order valence-corrected chi connectivity index (χ3v) is 7.58. The molecule has 228 valence electrons. The van der Waals surface area contributed by atoms with Crippen LogP contribution >= 0.6 is 23.2 Å². The summed E-state index contributed by atoms with van der Waals surface area (Å²) >= 11 is 12.4. The van der Waals surface area contributed by atoms with Crippen LogP contribution in [0.2, 0.25) is 10.0 Å². The van der Waals surface area contributed by atoms with Gasteiger partial charge in [0.25, 0.3) is 0 Å². The van der Waals surface area contributed by atoms with Crippen molar-refractivity contribution in [2.24, 2.45) is 5.73 Å². The van der Waals surface area contributed by atoms with Gasteiger partial charge in [-0.1, -0.05) is 47.5 Å². The van der Waals surface area contributed by atoms with E-state index in [9.17, 15) is 14.4 Å². The van der Waals surface area contributed by atoms with Crippen molar-refractivity contribution in [3.05, 3.63) is 82.0 Å². The van der Waals surface area contributed by atoms with Crippen LogP contribution in [0.3, 0.4) is 0 Å². The molecule has 0 unspecified atom stereocenters. The monoisotopic (exact) mass is 627 g/mol. The van der Waals surface area contributed by atoms with E-state index in [0.29, 0.717) is 53.2 Å². The summed E-state index contributed by atoms with van der Waals surface area (Å²) in [6, 6.07) is 14.8. The van der Waals surface area contributed by atoms with E-state index in [1.54, 1.807) is 48.5 Å². The molecule has 0 aliphatic carbocycles. The molecule has 4 amide bonds. The number of carbonyl (C=O) groups is 3. The number of piperazine rings is 1. The molecular formula is C30H35Cl2N7O4. The number of nitrogens with zero attached hydrogens (tertiary/aromatic N) is 3. The molecule has 1 aliphatic rings. The summed E-state index contributed by atoms with van der Waals surface area (Å²) in [4.78, 5) is 47.0. The van der Waals surface area contributed by atoms with Crippen LogP contribution in [0, 0.1) is 0 Å². The number of para-hydroxylation sites is 2. The maximum atomic E-state index is 13.6. The topological polar surface area (TPSA) is 142 Å². The number of methoxy groups -OCH3 is 1. The van der Waals surface area contributed by atoms with Crippen LogP contribution in [0.1, 0.15) is 17.5 Å². The molecular weight excluding hydrogens is 593 g/mol. The smallest absolute Gasteiger partial charge is 0.319 e. The molecule has 1 aliphatic heterocycles. The molecule has 2 aromatic carbocycles. The van der Waals surface area contributed by atoms with Gasteiger partial charge in [0.15, 0.2) is 0 Å². The molecule has 1 fully saturated rings. The molecule has 1 saturated heterocycles. The number of benzene rings is 2.